The lowest BCUT2D eigenvalue weighted by Crippen LogP contribution is -2.47. The van der Waals surface area contributed by atoms with E-state index in [9.17, 15) is 4.79 Å². The first-order chi connectivity index (χ1) is 13.6. The van der Waals surface area contributed by atoms with Gasteiger partial charge in [-0.05, 0) is 33.2 Å². The molecule has 8 heteroatoms. The average molecular weight is 386 g/mol. The predicted octanol–water partition coefficient (Wildman–Crippen LogP) is 2.83. The van der Waals surface area contributed by atoms with Crippen molar-refractivity contribution < 1.29 is 4.79 Å². The summed E-state index contributed by atoms with van der Waals surface area (Å²) in [5, 5.41) is 10.4. The maximum Gasteiger partial charge on any atom is 0.153 e. The monoisotopic (exact) mass is 385 g/mol. The van der Waals surface area contributed by atoms with Crippen LogP contribution in [0.3, 0.4) is 0 Å². The summed E-state index contributed by atoms with van der Waals surface area (Å²) in [5.74, 6) is 3.26. The van der Waals surface area contributed by atoms with Crippen molar-refractivity contribution in [2.45, 2.75) is 46.0 Å². The van der Waals surface area contributed by atoms with Crippen molar-refractivity contribution >= 4 is 23.7 Å². The van der Waals surface area contributed by atoms with Gasteiger partial charge in [-0.3, -0.25) is 10.00 Å². The number of unbranched alkanes of at least 4 members (excludes halogenated alkanes) is 4. The number of hydrogen-bond donors (Lipinski definition) is 2. The first kappa shape index (κ1) is 20.3. The van der Waals surface area contributed by atoms with Crippen LogP contribution >= 0.6 is 0 Å². The summed E-state index contributed by atoms with van der Waals surface area (Å²) in [6, 6.07) is 3.95. The highest BCUT2D eigenvalue weighted by atomic mass is 16.1. The molecule has 0 aliphatic carbocycles. The molecule has 0 atom stereocenters. The van der Waals surface area contributed by atoms with Crippen LogP contribution in [0.5, 0.6) is 0 Å². The molecule has 1 aliphatic heterocycles. The molecule has 0 bridgehead atoms. The molecule has 0 saturated carbocycles. The Morgan fingerprint density at radius 2 is 1.82 bits per heavy atom. The van der Waals surface area contributed by atoms with Gasteiger partial charge >= 0.3 is 0 Å². The topological polar surface area (TPSA) is 90.0 Å². The third-order valence-electron chi connectivity index (χ3n) is 5.03. The molecule has 0 aromatic carbocycles. The highest BCUT2D eigenvalue weighted by Gasteiger charge is 2.18. The summed E-state index contributed by atoms with van der Waals surface area (Å²) in [4.78, 5) is 24.3. The lowest BCUT2D eigenvalue weighted by atomic mass is 10.1. The Kier molecular flexibility index (Phi) is 7.36. The van der Waals surface area contributed by atoms with Crippen molar-refractivity contribution in [2.75, 3.05) is 42.9 Å². The summed E-state index contributed by atoms with van der Waals surface area (Å²) >= 11 is 0. The van der Waals surface area contributed by atoms with Gasteiger partial charge in [0.25, 0.3) is 0 Å². The van der Waals surface area contributed by atoms with Crippen LogP contribution in [0.4, 0.5) is 17.5 Å². The fourth-order valence-electron chi connectivity index (χ4n) is 3.51. The zero-order valence-corrected chi connectivity index (χ0v) is 16.9. The Morgan fingerprint density at radius 3 is 2.54 bits per heavy atom. The van der Waals surface area contributed by atoms with Gasteiger partial charge < -0.3 is 15.0 Å². The van der Waals surface area contributed by atoms with Gasteiger partial charge in [-0.1, -0.05) is 12.8 Å². The minimum atomic E-state index is 0.702. The zero-order chi connectivity index (χ0) is 19.8. The molecule has 3 heterocycles. The number of aromatic amines is 1. The van der Waals surface area contributed by atoms with Crippen LogP contribution in [-0.4, -0.2) is 64.1 Å². The van der Waals surface area contributed by atoms with Gasteiger partial charge in [0, 0.05) is 50.4 Å². The number of anilines is 3. The van der Waals surface area contributed by atoms with Crippen molar-refractivity contribution in [3.63, 3.8) is 0 Å². The maximum atomic E-state index is 10.3. The number of nitrogens with zero attached hydrogens (tertiary/aromatic N) is 5. The van der Waals surface area contributed by atoms with E-state index in [1.807, 2.05) is 26.0 Å². The zero-order valence-electron chi connectivity index (χ0n) is 16.9. The normalized spacial score (nSPS) is 15.0. The lowest BCUT2D eigenvalue weighted by molar-refractivity contribution is -0.107. The molecule has 1 saturated heterocycles. The fourth-order valence-corrected chi connectivity index (χ4v) is 3.51. The largest absolute Gasteiger partial charge is 0.354 e. The molecule has 2 aromatic heterocycles. The molecule has 2 aromatic rings. The second-order valence-electron chi connectivity index (χ2n) is 7.42. The summed E-state index contributed by atoms with van der Waals surface area (Å²) < 4.78 is 0. The molecule has 0 unspecified atom stereocenters. The molecule has 2 N–H and O–H groups in total. The van der Waals surface area contributed by atoms with E-state index in [0.29, 0.717) is 6.42 Å². The second-order valence-corrected chi connectivity index (χ2v) is 7.42. The minimum absolute atomic E-state index is 0.702. The minimum Gasteiger partial charge on any atom is -0.354 e. The summed E-state index contributed by atoms with van der Waals surface area (Å²) in [6.07, 6.45) is 6.32. The molecule has 8 nitrogen and oxygen atoms in total. The quantitative estimate of drug-likeness (QED) is 0.480. The van der Waals surface area contributed by atoms with Crippen molar-refractivity contribution in [1.29, 1.82) is 0 Å². The smallest absolute Gasteiger partial charge is 0.153 e. The average Bonchev–Trinajstić information content (AvgIpc) is 3.09. The highest BCUT2D eigenvalue weighted by Crippen LogP contribution is 2.20. The standard InChI is InChI=1S/C20H31N7O/c1-16-14-19(25-24-16)23-18-15-20(22-17(2)21-18)27-11-9-26(10-12-27)8-6-4-3-5-7-13-28/h13-15H,3-12H2,1-2H3,(H2,21,22,23,24,25). The fraction of sp³-hybridized carbons (Fsp3) is 0.600. The van der Waals surface area contributed by atoms with Gasteiger partial charge in [0.15, 0.2) is 5.82 Å². The molecular weight excluding hydrogens is 354 g/mol. The Hall–Kier alpha value is -2.48. The Labute approximate surface area is 166 Å². The predicted molar refractivity (Wildman–Crippen MR) is 111 cm³/mol. The SMILES string of the molecule is Cc1nc(Nc2cc(C)[nH]n2)cc(N2CCN(CCCCCCC=O)CC2)n1. The number of aryl methyl sites for hydroxylation is 2. The van der Waals surface area contributed by atoms with Crippen LogP contribution in [-0.2, 0) is 4.79 Å². The van der Waals surface area contributed by atoms with Crippen LogP contribution < -0.4 is 10.2 Å². The number of aromatic nitrogens is 4. The molecule has 1 fully saturated rings. The van der Waals surface area contributed by atoms with Gasteiger partial charge in [-0.15, -0.1) is 0 Å². The molecule has 152 valence electrons. The number of carbonyl (C=O) groups excluding carboxylic acids is 1. The summed E-state index contributed by atoms with van der Waals surface area (Å²) in [5.41, 5.74) is 1.01. The number of rotatable bonds is 10. The van der Waals surface area contributed by atoms with Gasteiger partial charge in [0.1, 0.15) is 23.7 Å². The Balaban J connectivity index is 1.48. The first-order valence-electron chi connectivity index (χ1n) is 10.2. The number of hydrogen-bond acceptors (Lipinski definition) is 7. The van der Waals surface area contributed by atoms with Gasteiger partial charge in [0.05, 0.1) is 0 Å². The van der Waals surface area contributed by atoms with Crippen molar-refractivity contribution in [3.8, 4) is 0 Å². The van der Waals surface area contributed by atoms with Gasteiger partial charge in [0.2, 0.25) is 0 Å². The van der Waals surface area contributed by atoms with Crippen LogP contribution in [0.1, 0.15) is 43.6 Å². The highest BCUT2D eigenvalue weighted by molar-refractivity contribution is 5.57. The summed E-state index contributed by atoms with van der Waals surface area (Å²) in [7, 11) is 0. The van der Waals surface area contributed by atoms with Crippen LogP contribution in [0.25, 0.3) is 0 Å². The third-order valence-corrected chi connectivity index (χ3v) is 5.03. The van der Waals surface area contributed by atoms with Crippen molar-refractivity contribution in [2.24, 2.45) is 0 Å². The molecule has 0 amide bonds. The summed E-state index contributed by atoms with van der Waals surface area (Å²) in [6.45, 7) is 9.09. The molecule has 28 heavy (non-hydrogen) atoms. The van der Waals surface area contributed by atoms with Gasteiger partial charge in [-0.25, -0.2) is 9.97 Å². The third kappa shape index (κ3) is 6.02. The molecular formula is C20H31N7O. The van der Waals surface area contributed by atoms with Crippen LogP contribution in [0, 0.1) is 13.8 Å². The van der Waals surface area contributed by atoms with Crippen LogP contribution in [0.2, 0.25) is 0 Å². The first-order valence-corrected chi connectivity index (χ1v) is 10.2. The number of H-pyrrole nitrogens is 1. The molecule has 3 rings (SSSR count). The second kappa shape index (κ2) is 10.2. The maximum absolute atomic E-state index is 10.3. The van der Waals surface area contributed by atoms with E-state index in [-0.39, 0.29) is 0 Å². The molecule has 1 aliphatic rings. The number of piperazine rings is 1. The van der Waals surface area contributed by atoms with E-state index in [2.05, 4.69) is 35.3 Å². The number of aldehydes is 1. The van der Waals surface area contributed by atoms with E-state index in [1.54, 1.807) is 0 Å². The lowest BCUT2D eigenvalue weighted by Gasteiger charge is -2.35. The Bertz CT molecular complexity index is 753. The van der Waals surface area contributed by atoms with Crippen molar-refractivity contribution in [1.82, 2.24) is 25.1 Å². The van der Waals surface area contributed by atoms with E-state index < -0.39 is 0 Å². The van der Waals surface area contributed by atoms with E-state index >= 15 is 0 Å². The number of nitrogens with one attached hydrogen (secondary N) is 2. The number of carbonyl (C=O) groups is 1. The van der Waals surface area contributed by atoms with Gasteiger partial charge in [-0.2, -0.15) is 5.10 Å². The van der Waals surface area contributed by atoms with Crippen LogP contribution in [0.15, 0.2) is 12.1 Å². The Morgan fingerprint density at radius 1 is 1.04 bits per heavy atom. The van der Waals surface area contributed by atoms with Crippen molar-refractivity contribution in [3.05, 3.63) is 23.7 Å². The molecule has 0 radical (unpaired) electrons. The van der Waals surface area contributed by atoms with E-state index in [4.69, 9.17) is 0 Å². The van der Waals surface area contributed by atoms with E-state index in [1.165, 1.54) is 12.8 Å². The van der Waals surface area contributed by atoms with E-state index in [0.717, 1.165) is 80.8 Å². The molecule has 0 spiro atoms.